The van der Waals surface area contributed by atoms with Crippen LogP contribution in [0.3, 0.4) is 0 Å². The van der Waals surface area contributed by atoms with Crippen LogP contribution in [0.25, 0.3) is 0 Å². The minimum absolute atomic E-state index is 0.0901. The van der Waals surface area contributed by atoms with Gasteiger partial charge in [0.1, 0.15) is 0 Å². The second-order valence-electron chi connectivity index (χ2n) is 5.07. The Kier molecular flexibility index (Phi) is 2.88. The number of hydrogen-bond donors (Lipinski definition) is 0. The fourth-order valence-corrected chi connectivity index (χ4v) is 1.15. The van der Waals surface area contributed by atoms with Crippen LogP contribution in [-0.2, 0) is 4.74 Å². The first-order valence-corrected chi connectivity index (χ1v) is 5.64. The van der Waals surface area contributed by atoms with Crippen molar-refractivity contribution in [2.75, 3.05) is 26.1 Å². The van der Waals surface area contributed by atoms with Crippen molar-refractivity contribution in [2.24, 2.45) is 0 Å². The maximum absolute atomic E-state index is 12.5. The molecule has 0 N–H and O–H groups in total. The molecule has 0 aromatic rings. The largest absolute Gasteiger partial charge is 0.437 e. The number of piperazine rings is 1. The molecule has 19 heavy (non-hydrogen) atoms. The van der Waals surface area contributed by atoms with Crippen LogP contribution in [0.1, 0.15) is 34.5 Å². The van der Waals surface area contributed by atoms with E-state index in [0.29, 0.717) is 6.92 Å². The Bertz CT molecular complexity index is 486. The molecule has 0 aromatic carbocycles. The van der Waals surface area contributed by atoms with Crippen molar-refractivity contribution in [2.45, 2.75) is 45.5 Å². The number of rotatable bonds is 1. The third-order valence-corrected chi connectivity index (χ3v) is 2.42. The van der Waals surface area contributed by atoms with Crippen LogP contribution in [0.5, 0.6) is 0 Å². The van der Waals surface area contributed by atoms with Gasteiger partial charge in [0.25, 0.3) is 0 Å². The van der Waals surface area contributed by atoms with Gasteiger partial charge in [-0.05, 0) is 27.7 Å². The van der Waals surface area contributed by atoms with Gasteiger partial charge in [0.15, 0.2) is 6.10 Å². The quantitative estimate of drug-likeness (QED) is 0.743. The lowest BCUT2D eigenvalue weighted by Gasteiger charge is -2.42. The Morgan fingerprint density at radius 2 is 1.84 bits per heavy atom. The van der Waals surface area contributed by atoms with Crippen molar-refractivity contribution < 1.29 is 29.6 Å². The van der Waals surface area contributed by atoms with Gasteiger partial charge in [-0.3, -0.25) is 4.90 Å². The molecule has 1 rings (SSSR count). The Hall–Kier alpha value is -0.980. The van der Waals surface area contributed by atoms with Crippen LogP contribution in [0.2, 0.25) is 0 Å². The van der Waals surface area contributed by atoms with Crippen molar-refractivity contribution in [3.8, 4) is 0 Å². The molecule has 1 fully saturated rings. The van der Waals surface area contributed by atoms with Crippen molar-refractivity contribution in [1.29, 1.82) is 0 Å². The molecular weight excluding hydrogens is 261 g/mol. The molecule has 4 atom stereocenters. The summed E-state index contributed by atoms with van der Waals surface area (Å²) in [7, 11) is 0. The molecule has 1 heterocycles. The number of carbonyl (C=O) groups excluding carboxylic acids is 1. The molecule has 0 bridgehead atoms. The molecule has 1 aliphatic rings. The molecule has 4 nitrogen and oxygen atoms in total. The summed E-state index contributed by atoms with van der Waals surface area (Å²) in [6.45, 7) is -2.54. The summed E-state index contributed by atoms with van der Waals surface area (Å²) in [4.78, 5) is 13.2. The average Bonchev–Trinajstić information content (AvgIpc) is 2.33. The highest BCUT2D eigenvalue weighted by Gasteiger charge is 2.40. The van der Waals surface area contributed by atoms with Crippen LogP contribution in [0.15, 0.2) is 0 Å². The van der Waals surface area contributed by atoms with E-state index < -0.39 is 50.0 Å². The van der Waals surface area contributed by atoms with Gasteiger partial charge in [0.05, 0.1) is 4.11 Å². The number of alkyl halides is 3. The minimum atomic E-state index is -4.84. The number of halogens is 3. The Balaban J connectivity index is 3.15. The van der Waals surface area contributed by atoms with E-state index in [2.05, 4.69) is 4.74 Å². The Morgan fingerprint density at radius 3 is 2.32 bits per heavy atom. The molecule has 0 saturated carbocycles. The van der Waals surface area contributed by atoms with Gasteiger partial charge >= 0.3 is 12.3 Å². The highest BCUT2D eigenvalue weighted by molar-refractivity contribution is 5.68. The summed E-state index contributed by atoms with van der Waals surface area (Å²) < 4.78 is 81.5. The third kappa shape index (κ3) is 4.56. The van der Waals surface area contributed by atoms with Crippen molar-refractivity contribution in [3.63, 3.8) is 0 Å². The summed E-state index contributed by atoms with van der Waals surface area (Å²) in [5.74, 6) is 0. The molecule has 1 saturated heterocycles. The number of hydrogen-bond acceptors (Lipinski definition) is 3. The van der Waals surface area contributed by atoms with Gasteiger partial charge < -0.3 is 9.64 Å². The van der Waals surface area contributed by atoms with Gasteiger partial charge in [0, 0.05) is 34.3 Å². The molecule has 0 aromatic heterocycles. The lowest BCUT2D eigenvalue weighted by Crippen LogP contribution is -2.55. The summed E-state index contributed by atoms with van der Waals surface area (Å²) in [6.07, 6.45) is -9.05. The van der Waals surface area contributed by atoms with Crippen LogP contribution in [0, 0.1) is 0 Å². The van der Waals surface area contributed by atoms with E-state index in [0.717, 1.165) is 4.90 Å². The van der Waals surface area contributed by atoms with Crippen LogP contribution < -0.4 is 0 Å². The minimum Gasteiger partial charge on any atom is -0.437 e. The van der Waals surface area contributed by atoms with E-state index in [4.69, 9.17) is 6.85 Å². The first-order chi connectivity index (χ1) is 10.5. The monoisotopic (exact) mass is 287 g/mol. The zero-order valence-corrected chi connectivity index (χ0v) is 11.2. The summed E-state index contributed by atoms with van der Waals surface area (Å²) >= 11 is 0. The van der Waals surface area contributed by atoms with Crippen LogP contribution in [0.4, 0.5) is 18.0 Å². The molecular formula is C12H21F3N2O2. The first-order valence-electron chi connectivity index (χ1n) is 8.38. The van der Waals surface area contributed by atoms with Crippen molar-refractivity contribution in [1.82, 2.24) is 9.80 Å². The van der Waals surface area contributed by atoms with Gasteiger partial charge in [-0.25, -0.2) is 4.79 Å². The third-order valence-electron chi connectivity index (χ3n) is 2.42. The SMILES string of the molecule is [2H]C1C([2H])N(C(=O)OC(C)C(F)(F)F)C([2H])([2H])C([2H])N1C(C)(C)C. The summed E-state index contributed by atoms with van der Waals surface area (Å²) in [6, 6.07) is 0. The molecule has 4 unspecified atom stereocenters. The first kappa shape index (κ1) is 9.85. The van der Waals surface area contributed by atoms with E-state index in [-0.39, 0.29) is 4.90 Å². The van der Waals surface area contributed by atoms with Crippen LogP contribution >= 0.6 is 0 Å². The molecule has 0 aliphatic carbocycles. The number of amides is 1. The number of nitrogens with zero attached hydrogens (tertiary/aromatic N) is 2. The van der Waals surface area contributed by atoms with E-state index in [1.165, 1.54) is 0 Å². The van der Waals surface area contributed by atoms with E-state index in [9.17, 15) is 18.0 Å². The fourth-order valence-electron chi connectivity index (χ4n) is 1.15. The van der Waals surface area contributed by atoms with E-state index in [1.807, 2.05) is 0 Å². The molecule has 1 amide bonds. The highest BCUT2D eigenvalue weighted by Crippen LogP contribution is 2.23. The smallest absolute Gasteiger partial charge is 0.425 e. The molecule has 1 aliphatic heterocycles. The normalized spacial score (nSPS) is 38.4. The zero-order chi connectivity index (χ0) is 19.2. The maximum atomic E-state index is 12.5. The van der Waals surface area contributed by atoms with E-state index in [1.54, 1.807) is 20.8 Å². The molecule has 0 radical (unpaired) electrons. The molecule has 112 valence electrons. The van der Waals surface area contributed by atoms with Crippen molar-refractivity contribution in [3.05, 3.63) is 0 Å². The van der Waals surface area contributed by atoms with Gasteiger partial charge in [-0.2, -0.15) is 13.2 Å². The lowest BCUT2D eigenvalue weighted by molar-refractivity contribution is -0.200. The van der Waals surface area contributed by atoms with Crippen molar-refractivity contribution >= 4 is 6.09 Å². The van der Waals surface area contributed by atoms with E-state index >= 15 is 0 Å². The second-order valence-corrected chi connectivity index (χ2v) is 5.07. The second kappa shape index (κ2) is 5.56. The Labute approximate surface area is 118 Å². The molecule has 0 spiro atoms. The topological polar surface area (TPSA) is 32.8 Å². The van der Waals surface area contributed by atoms with Gasteiger partial charge in [0.2, 0.25) is 0 Å². The predicted molar refractivity (Wildman–Crippen MR) is 64.9 cm³/mol. The van der Waals surface area contributed by atoms with Gasteiger partial charge in [-0.15, -0.1) is 0 Å². The predicted octanol–water partition coefficient (Wildman–Crippen LogP) is 2.49. The van der Waals surface area contributed by atoms with Gasteiger partial charge in [-0.1, -0.05) is 0 Å². The number of carbonyl (C=O) groups is 1. The summed E-state index contributed by atoms with van der Waals surface area (Å²) in [5.41, 5.74) is -0.860. The average molecular weight is 287 g/mol. The Morgan fingerprint density at radius 1 is 1.26 bits per heavy atom. The lowest BCUT2D eigenvalue weighted by atomic mass is 10.1. The molecule has 7 heteroatoms. The van der Waals surface area contributed by atoms with Crippen LogP contribution in [-0.4, -0.2) is 59.8 Å². The standard InChI is InChI=1S/C12H21F3N2O2/c1-9(12(13,14)15)19-10(18)16-5-7-17(8-6-16)11(2,3)4/h9H,5-8H2,1-4H3/i5D,6D2,7D,8D. The number of ether oxygens (including phenoxy) is 1. The highest BCUT2D eigenvalue weighted by atomic mass is 19.4. The fraction of sp³-hybridized carbons (Fsp3) is 0.917. The zero-order valence-electron chi connectivity index (χ0n) is 16.2. The summed E-state index contributed by atoms with van der Waals surface area (Å²) in [5, 5.41) is 0. The maximum Gasteiger partial charge on any atom is 0.425 e.